The van der Waals surface area contributed by atoms with Crippen molar-refractivity contribution in [3.8, 4) is 0 Å². The van der Waals surface area contributed by atoms with E-state index in [2.05, 4.69) is 23.8 Å². The molecule has 0 aliphatic carbocycles. The van der Waals surface area contributed by atoms with Crippen LogP contribution in [0.3, 0.4) is 0 Å². The molecule has 0 saturated heterocycles. The van der Waals surface area contributed by atoms with Crippen molar-refractivity contribution < 1.29 is 0 Å². The molecule has 0 aliphatic heterocycles. The monoisotopic (exact) mass is 223 g/mol. The number of unbranched alkanes of at least 4 members (excludes halogenated alkanes) is 7. The van der Waals surface area contributed by atoms with Gasteiger partial charge in [0.05, 0.1) is 0 Å². The summed E-state index contributed by atoms with van der Waals surface area (Å²) in [4.78, 5) is 0. The Kier molecular flexibility index (Phi) is 7.63. The average molecular weight is 223 g/mol. The van der Waals surface area contributed by atoms with E-state index in [0.717, 1.165) is 0 Å². The number of hydrogen-bond donors (Lipinski definition) is 0. The predicted molar refractivity (Wildman–Crippen MR) is 69.5 cm³/mol. The lowest BCUT2D eigenvalue weighted by atomic mass is 10.1. The Morgan fingerprint density at radius 2 is 1.67 bits per heavy atom. The van der Waals surface area contributed by atoms with Gasteiger partial charge in [0.2, 0.25) is 0 Å². The van der Waals surface area contributed by atoms with Gasteiger partial charge in [0.25, 0.3) is 0 Å². The zero-order valence-electron chi connectivity index (χ0n) is 9.93. The summed E-state index contributed by atoms with van der Waals surface area (Å²) in [5.74, 6) is 0. The van der Waals surface area contributed by atoms with Crippen molar-refractivity contribution in [1.82, 2.24) is 0 Å². The second kappa shape index (κ2) is 8.96. The Morgan fingerprint density at radius 3 is 2.27 bits per heavy atom. The quantitative estimate of drug-likeness (QED) is 0.503. The average Bonchev–Trinajstić information content (AvgIpc) is 2.75. The molecule has 1 heteroatoms. The third-order valence-corrected chi connectivity index (χ3v) is 3.52. The molecule has 1 aromatic heterocycles. The summed E-state index contributed by atoms with van der Waals surface area (Å²) in [6.07, 6.45) is 12.6. The van der Waals surface area contributed by atoms with Crippen LogP contribution in [0.1, 0.15) is 63.9 Å². The molecule has 15 heavy (non-hydrogen) atoms. The first kappa shape index (κ1) is 12.8. The minimum Gasteiger partial charge on any atom is -0.143 e. The molecule has 0 aliphatic rings. The molecule has 0 nitrogen and oxygen atoms in total. The molecule has 0 bridgehead atoms. The van der Waals surface area contributed by atoms with Crippen LogP contribution in [-0.4, -0.2) is 0 Å². The van der Waals surface area contributed by atoms with Gasteiger partial charge in [-0.05, 0) is 29.9 Å². The van der Waals surface area contributed by atoms with E-state index in [9.17, 15) is 0 Å². The second-order valence-electron chi connectivity index (χ2n) is 4.30. The van der Waals surface area contributed by atoms with Gasteiger partial charge in [-0.3, -0.25) is 0 Å². The van der Waals surface area contributed by atoms with Crippen LogP contribution in [0.2, 0.25) is 0 Å². The summed E-state index contributed by atoms with van der Waals surface area (Å²) in [5, 5.41) is 5.37. The van der Waals surface area contributed by atoms with Gasteiger partial charge in [-0.25, -0.2) is 0 Å². The lowest BCUT2D eigenvalue weighted by molar-refractivity contribution is 0.575. The Bertz CT molecular complexity index is 213. The van der Waals surface area contributed by atoms with Gasteiger partial charge in [-0.15, -0.1) is 11.3 Å². The number of thiophene rings is 1. The van der Waals surface area contributed by atoms with E-state index < -0.39 is 0 Å². The van der Waals surface area contributed by atoms with E-state index >= 15 is 0 Å². The molecule has 0 aromatic carbocycles. The van der Waals surface area contributed by atoms with Crippen molar-refractivity contribution in [2.24, 2.45) is 0 Å². The first-order chi connectivity index (χ1) is 7.43. The highest BCUT2D eigenvalue weighted by Crippen LogP contribution is 2.12. The largest absolute Gasteiger partial charge is 0.143 e. The lowest BCUT2D eigenvalue weighted by Crippen LogP contribution is -1.84. The van der Waals surface area contributed by atoms with E-state index in [4.69, 9.17) is 0 Å². The van der Waals surface area contributed by atoms with Gasteiger partial charge in [0, 0.05) is 5.38 Å². The minimum absolute atomic E-state index is 1.26. The first-order valence-corrected chi connectivity index (χ1v) is 7.25. The fourth-order valence-corrected chi connectivity index (χ4v) is 2.47. The molecule has 0 spiro atoms. The molecule has 1 radical (unpaired) electrons. The maximum absolute atomic E-state index is 3.15. The first-order valence-electron chi connectivity index (χ1n) is 6.37. The van der Waals surface area contributed by atoms with Gasteiger partial charge in [-0.1, -0.05) is 51.9 Å². The number of aryl methyl sites for hydroxylation is 1. The molecular weight excluding hydrogens is 200 g/mol. The molecule has 1 aromatic rings. The molecule has 0 fully saturated rings. The van der Waals surface area contributed by atoms with Crippen LogP contribution in [0.15, 0.2) is 11.4 Å². The van der Waals surface area contributed by atoms with E-state index in [1.54, 1.807) is 11.3 Å². The third kappa shape index (κ3) is 6.72. The molecular formula is C14H23S. The topological polar surface area (TPSA) is 0 Å². The van der Waals surface area contributed by atoms with Gasteiger partial charge in [-0.2, -0.15) is 0 Å². The maximum Gasteiger partial charge on any atom is 0.0445 e. The highest BCUT2D eigenvalue weighted by atomic mass is 32.1. The Morgan fingerprint density at radius 1 is 1.00 bits per heavy atom. The zero-order chi connectivity index (χ0) is 10.8. The van der Waals surface area contributed by atoms with E-state index in [0.29, 0.717) is 0 Å². The molecule has 0 unspecified atom stereocenters. The van der Waals surface area contributed by atoms with Crippen molar-refractivity contribution in [3.05, 3.63) is 22.4 Å². The normalized spacial score (nSPS) is 10.7. The van der Waals surface area contributed by atoms with Gasteiger partial charge in [0.15, 0.2) is 0 Å². The van der Waals surface area contributed by atoms with E-state index in [1.807, 2.05) is 0 Å². The van der Waals surface area contributed by atoms with Crippen molar-refractivity contribution in [1.29, 1.82) is 0 Å². The van der Waals surface area contributed by atoms with E-state index in [-0.39, 0.29) is 0 Å². The molecule has 0 N–H and O–H groups in total. The van der Waals surface area contributed by atoms with Crippen molar-refractivity contribution in [2.75, 3.05) is 0 Å². The fraction of sp³-hybridized carbons (Fsp3) is 0.714. The van der Waals surface area contributed by atoms with Crippen LogP contribution >= 0.6 is 11.3 Å². The van der Waals surface area contributed by atoms with Crippen LogP contribution in [0.25, 0.3) is 0 Å². The number of hydrogen-bond acceptors (Lipinski definition) is 1. The van der Waals surface area contributed by atoms with Gasteiger partial charge in [0.1, 0.15) is 0 Å². The van der Waals surface area contributed by atoms with Crippen LogP contribution < -0.4 is 0 Å². The zero-order valence-corrected chi connectivity index (χ0v) is 10.7. The third-order valence-electron chi connectivity index (χ3n) is 2.84. The Labute approximate surface area is 98.7 Å². The molecule has 1 rings (SSSR count). The second-order valence-corrected chi connectivity index (χ2v) is 5.00. The van der Waals surface area contributed by atoms with Crippen molar-refractivity contribution in [2.45, 2.75) is 64.7 Å². The smallest absolute Gasteiger partial charge is 0.0445 e. The SMILES string of the molecule is CCCCCCCCCCc1c[c]sc1. The summed E-state index contributed by atoms with van der Waals surface area (Å²) in [6.45, 7) is 2.28. The van der Waals surface area contributed by atoms with Crippen LogP contribution in [0.5, 0.6) is 0 Å². The molecule has 0 amide bonds. The summed E-state index contributed by atoms with van der Waals surface area (Å²) in [6, 6.07) is 2.13. The maximum atomic E-state index is 3.15. The van der Waals surface area contributed by atoms with Gasteiger partial charge < -0.3 is 0 Å². The highest BCUT2D eigenvalue weighted by Gasteiger charge is 1.94. The van der Waals surface area contributed by atoms with Crippen molar-refractivity contribution >= 4 is 11.3 Å². The molecule has 85 valence electrons. The summed E-state index contributed by atoms with van der Waals surface area (Å²) in [5.41, 5.74) is 1.48. The lowest BCUT2D eigenvalue weighted by Gasteiger charge is -2.00. The highest BCUT2D eigenvalue weighted by molar-refractivity contribution is 7.07. The summed E-state index contributed by atoms with van der Waals surface area (Å²) >= 11 is 1.69. The summed E-state index contributed by atoms with van der Waals surface area (Å²) < 4.78 is 0. The number of rotatable bonds is 9. The molecule has 0 saturated carbocycles. The van der Waals surface area contributed by atoms with Crippen LogP contribution in [0, 0.1) is 5.38 Å². The van der Waals surface area contributed by atoms with Gasteiger partial charge >= 0.3 is 0 Å². The summed E-state index contributed by atoms with van der Waals surface area (Å²) in [7, 11) is 0. The minimum atomic E-state index is 1.26. The molecule has 0 atom stereocenters. The molecule has 1 heterocycles. The predicted octanol–water partition coefficient (Wildman–Crippen LogP) is 5.23. The fourth-order valence-electron chi connectivity index (χ4n) is 1.85. The van der Waals surface area contributed by atoms with Crippen LogP contribution in [-0.2, 0) is 6.42 Å². The Hall–Kier alpha value is -0.300. The van der Waals surface area contributed by atoms with Crippen LogP contribution in [0.4, 0.5) is 0 Å². The van der Waals surface area contributed by atoms with E-state index in [1.165, 1.54) is 63.4 Å². The van der Waals surface area contributed by atoms with Crippen molar-refractivity contribution in [3.63, 3.8) is 0 Å². The Balaban J connectivity index is 1.81. The standard InChI is InChI=1S/C14H23S/c1-2-3-4-5-6-7-8-9-10-14-11-12-15-13-14/h11,13H,2-10H2,1H3.